The van der Waals surface area contributed by atoms with Gasteiger partial charge >= 0.3 is 12.1 Å². The standard InChI is InChI=1S/C26H28N6O.C2HF3O2/c1-30-14-15-31(17-21-10-6-3-7-11-21)19-23(30)25-29-28-24-13-12-22(18-32(24)25)26(33)27-16-20-8-4-2-5-9-20;3-2(4,5)1(6)7/h2-13,18,23H,14-17,19H2,1H3,(H,27,33);(H,6,7). The zero-order chi connectivity index (χ0) is 28.7. The van der Waals surface area contributed by atoms with E-state index < -0.39 is 12.1 Å². The molecule has 2 aromatic heterocycles. The molecule has 0 aliphatic carbocycles. The minimum atomic E-state index is -5.08. The quantitative estimate of drug-likeness (QED) is 0.374. The van der Waals surface area contributed by atoms with E-state index in [0.29, 0.717) is 12.1 Å². The molecule has 1 saturated heterocycles. The van der Waals surface area contributed by atoms with Crippen LogP contribution in [0.15, 0.2) is 79.0 Å². The first kappa shape index (κ1) is 28.7. The topological polar surface area (TPSA) is 103 Å². The fourth-order valence-electron chi connectivity index (χ4n) is 4.34. The number of hydrogen-bond donors (Lipinski definition) is 2. The molecule has 9 nitrogen and oxygen atoms in total. The number of benzene rings is 2. The Morgan fingerprint density at radius 2 is 1.57 bits per heavy atom. The van der Waals surface area contributed by atoms with Gasteiger partial charge in [0, 0.05) is 38.9 Å². The van der Waals surface area contributed by atoms with E-state index in [0.717, 1.165) is 43.2 Å². The molecular weight excluding hydrogens is 525 g/mol. The maximum Gasteiger partial charge on any atom is 0.490 e. The van der Waals surface area contributed by atoms with Gasteiger partial charge in [-0.15, -0.1) is 10.2 Å². The molecule has 40 heavy (non-hydrogen) atoms. The number of alkyl halides is 3. The Morgan fingerprint density at radius 1 is 0.950 bits per heavy atom. The zero-order valence-electron chi connectivity index (χ0n) is 21.8. The first-order valence-electron chi connectivity index (χ1n) is 12.6. The van der Waals surface area contributed by atoms with Crippen molar-refractivity contribution in [3.63, 3.8) is 0 Å². The summed E-state index contributed by atoms with van der Waals surface area (Å²) in [4.78, 5) is 26.5. The average molecular weight is 555 g/mol. The molecule has 210 valence electrons. The molecule has 12 heteroatoms. The highest BCUT2D eigenvalue weighted by molar-refractivity contribution is 5.94. The van der Waals surface area contributed by atoms with Gasteiger partial charge in [-0.2, -0.15) is 13.2 Å². The molecule has 5 rings (SSSR count). The summed E-state index contributed by atoms with van der Waals surface area (Å²) in [7, 11) is 2.13. The summed E-state index contributed by atoms with van der Waals surface area (Å²) < 4.78 is 33.7. The monoisotopic (exact) mass is 554 g/mol. The number of fused-ring (bicyclic) bond motifs is 1. The largest absolute Gasteiger partial charge is 0.490 e. The van der Waals surface area contributed by atoms with Crippen LogP contribution in [0, 0.1) is 0 Å². The van der Waals surface area contributed by atoms with Crippen molar-refractivity contribution in [2.75, 3.05) is 26.7 Å². The van der Waals surface area contributed by atoms with Gasteiger partial charge in [0.05, 0.1) is 11.6 Å². The molecule has 2 aromatic carbocycles. The van der Waals surface area contributed by atoms with Gasteiger partial charge in [0.15, 0.2) is 11.5 Å². The Kier molecular flexibility index (Phi) is 9.12. The van der Waals surface area contributed by atoms with Gasteiger partial charge < -0.3 is 10.4 Å². The van der Waals surface area contributed by atoms with Gasteiger partial charge in [-0.25, -0.2) is 4.79 Å². The van der Waals surface area contributed by atoms with Gasteiger partial charge in [0.1, 0.15) is 0 Å². The molecule has 1 aliphatic heterocycles. The van der Waals surface area contributed by atoms with Crippen LogP contribution in [0.5, 0.6) is 0 Å². The second kappa shape index (κ2) is 12.7. The van der Waals surface area contributed by atoms with Crippen molar-refractivity contribution in [1.82, 2.24) is 29.7 Å². The van der Waals surface area contributed by atoms with E-state index in [-0.39, 0.29) is 11.9 Å². The van der Waals surface area contributed by atoms with Crippen LogP contribution in [0.4, 0.5) is 13.2 Å². The Bertz CT molecular complexity index is 1430. The van der Waals surface area contributed by atoms with E-state index in [9.17, 15) is 18.0 Å². The molecule has 1 unspecified atom stereocenters. The summed E-state index contributed by atoms with van der Waals surface area (Å²) in [6, 6.07) is 24.2. The molecule has 2 N–H and O–H groups in total. The highest BCUT2D eigenvalue weighted by Gasteiger charge is 2.38. The van der Waals surface area contributed by atoms with E-state index in [1.165, 1.54) is 5.56 Å². The van der Waals surface area contributed by atoms with E-state index >= 15 is 0 Å². The number of aromatic nitrogens is 3. The van der Waals surface area contributed by atoms with Gasteiger partial charge in [-0.05, 0) is 30.3 Å². The summed E-state index contributed by atoms with van der Waals surface area (Å²) in [5.74, 6) is -2.00. The molecule has 0 radical (unpaired) electrons. The number of halogens is 3. The minimum Gasteiger partial charge on any atom is -0.475 e. The zero-order valence-corrected chi connectivity index (χ0v) is 21.8. The number of carbonyl (C=O) groups excluding carboxylic acids is 1. The number of piperazine rings is 1. The van der Waals surface area contributed by atoms with Crippen molar-refractivity contribution < 1.29 is 27.9 Å². The fraction of sp³-hybridized carbons (Fsp3) is 0.286. The van der Waals surface area contributed by atoms with Gasteiger partial charge in [-0.3, -0.25) is 19.0 Å². The third kappa shape index (κ3) is 7.42. The summed E-state index contributed by atoms with van der Waals surface area (Å²) in [5, 5.41) is 19.0. The number of rotatable bonds is 6. The van der Waals surface area contributed by atoms with Crippen molar-refractivity contribution in [2.24, 2.45) is 0 Å². The molecule has 0 bridgehead atoms. The van der Waals surface area contributed by atoms with Crippen molar-refractivity contribution >= 4 is 17.5 Å². The van der Waals surface area contributed by atoms with Crippen LogP contribution in [0.1, 0.15) is 33.4 Å². The molecule has 4 aromatic rings. The molecule has 0 spiro atoms. The highest BCUT2D eigenvalue weighted by Crippen LogP contribution is 2.24. The lowest BCUT2D eigenvalue weighted by Crippen LogP contribution is -2.46. The SMILES string of the molecule is CN1CCN(Cc2ccccc2)CC1c1nnc2ccc(C(=O)NCc3ccccc3)cn12.O=C(O)C(F)(F)F. The Hall–Kier alpha value is -4.29. The van der Waals surface area contributed by atoms with Crippen LogP contribution in [-0.4, -0.2) is 74.2 Å². The maximum atomic E-state index is 12.8. The van der Waals surface area contributed by atoms with E-state index in [1.54, 1.807) is 6.07 Å². The van der Waals surface area contributed by atoms with E-state index in [2.05, 4.69) is 56.6 Å². The number of carboxylic acids is 1. The van der Waals surface area contributed by atoms with Crippen LogP contribution in [0.3, 0.4) is 0 Å². The number of carbonyl (C=O) groups is 2. The van der Waals surface area contributed by atoms with Gasteiger partial charge in [0.2, 0.25) is 0 Å². The second-order valence-corrected chi connectivity index (χ2v) is 9.39. The summed E-state index contributed by atoms with van der Waals surface area (Å²) in [6.07, 6.45) is -3.23. The van der Waals surface area contributed by atoms with Crippen LogP contribution in [-0.2, 0) is 17.9 Å². The first-order valence-corrected chi connectivity index (χ1v) is 12.6. The van der Waals surface area contributed by atoms with E-state index in [1.807, 2.05) is 53.1 Å². The number of hydrogen-bond acceptors (Lipinski definition) is 6. The van der Waals surface area contributed by atoms with Crippen molar-refractivity contribution in [2.45, 2.75) is 25.3 Å². The minimum absolute atomic E-state index is 0.0973. The van der Waals surface area contributed by atoms with Crippen LogP contribution < -0.4 is 5.32 Å². The summed E-state index contributed by atoms with van der Waals surface area (Å²) >= 11 is 0. The van der Waals surface area contributed by atoms with Gasteiger partial charge in [-0.1, -0.05) is 60.7 Å². The highest BCUT2D eigenvalue weighted by atomic mass is 19.4. The molecular formula is C28H29F3N6O3. The second-order valence-electron chi connectivity index (χ2n) is 9.39. The predicted molar refractivity (Wildman–Crippen MR) is 141 cm³/mol. The number of nitrogens with one attached hydrogen (secondary N) is 1. The first-order chi connectivity index (χ1) is 19.1. The molecule has 1 atom stereocenters. The number of amides is 1. The smallest absolute Gasteiger partial charge is 0.475 e. The summed E-state index contributed by atoms with van der Waals surface area (Å²) in [6.45, 7) is 4.22. The van der Waals surface area contributed by atoms with Crippen molar-refractivity contribution in [1.29, 1.82) is 0 Å². The average Bonchev–Trinajstić information content (AvgIpc) is 3.37. The van der Waals surface area contributed by atoms with Crippen LogP contribution in [0.25, 0.3) is 5.65 Å². The number of pyridine rings is 1. The van der Waals surface area contributed by atoms with Crippen molar-refractivity contribution in [3.05, 3.63) is 102 Å². The van der Waals surface area contributed by atoms with Crippen LogP contribution in [0.2, 0.25) is 0 Å². The Balaban J connectivity index is 0.000000470. The third-order valence-corrected chi connectivity index (χ3v) is 6.51. The maximum absolute atomic E-state index is 12.8. The molecule has 1 aliphatic rings. The van der Waals surface area contributed by atoms with Crippen LogP contribution >= 0.6 is 0 Å². The lowest BCUT2D eigenvalue weighted by atomic mass is 10.1. The number of aliphatic carboxylic acids is 1. The number of nitrogens with zero attached hydrogens (tertiary/aromatic N) is 5. The number of carboxylic acid groups (broad SMARTS) is 1. The lowest BCUT2D eigenvalue weighted by Gasteiger charge is -2.38. The molecule has 0 saturated carbocycles. The van der Waals surface area contributed by atoms with Gasteiger partial charge in [0.25, 0.3) is 5.91 Å². The normalized spacial score (nSPS) is 16.2. The Labute approximate surface area is 228 Å². The third-order valence-electron chi connectivity index (χ3n) is 6.51. The number of likely N-dealkylation sites (N-methyl/N-ethyl adjacent to an activating group) is 1. The molecule has 3 heterocycles. The summed E-state index contributed by atoms with van der Waals surface area (Å²) in [5.41, 5.74) is 3.72. The van der Waals surface area contributed by atoms with E-state index in [4.69, 9.17) is 9.90 Å². The molecule has 1 amide bonds. The fourth-order valence-corrected chi connectivity index (χ4v) is 4.34. The predicted octanol–water partition coefficient (Wildman–Crippen LogP) is 3.78. The Morgan fingerprint density at radius 3 is 2.20 bits per heavy atom. The molecule has 1 fully saturated rings. The lowest BCUT2D eigenvalue weighted by molar-refractivity contribution is -0.192. The van der Waals surface area contributed by atoms with Crippen molar-refractivity contribution in [3.8, 4) is 0 Å².